The molecule has 0 rings (SSSR count). The van der Waals surface area contributed by atoms with Crippen LogP contribution in [0.15, 0.2) is 0 Å². The van der Waals surface area contributed by atoms with E-state index in [9.17, 15) is 14.4 Å². The third-order valence-electron chi connectivity index (χ3n) is 13.3. The van der Waals surface area contributed by atoms with Crippen molar-refractivity contribution in [3.8, 4) is 0 Å². The summed E-state index contributed by atoms with van der Waals surface area (Å²) >= 11 is 0. The molecule has 0 saturated carbocycles. The van der Waals surface area contributed by atoms with Gasteiger partial charge in [0, 0.05) is 19.3 Å². The van der Waals surface area contributed by atoms with Crippen molar-refractivity contribution in [2.24, 2.45) is 5.92 Å². The SMILES string of the molecule is CCCCCCCCCCCCCCCCCC(=O)OC[C@@H](COC(=O)CCCCCCCCCCCCCC)OC(=O)CCCCCCCCCCCCCCCCCCC(C)C. The maximum absolute atomic E-state index is 12.8. The molecule has 380 valence electrons. The molecule has 0 aromatic carbocycles. The van der Waals surface area contributed by atoms with Crippen molar-refractivity contribution >= 4 is 17.9 Å². The van der Waals surface area contributed by atoms with Crippen molar-refractivity contribution in [1.82, 2.24) is 0 Å². The van der Waals surface area contributed by atoms with Crippen molar-refractivity contribution in [2.75, 3.05) is 13.2 Å². The van der Waals surface area contributed by atoms with Gasteiger partial charge in [-0.2, -0.15) is 0 Å². The topological polar surface area (TPSA) is 78.9 Å². The van der Waals surface area contributed by atoms with Crippen LogP contribution in [-0.4, -0.2) is 37.2 Å². The van der Waals surface area contributed by atoms with Crippen molar-refractivity contribution in [2.45, 2.75) is 336 Å². The zero-order valence-corrected chi connectivity index (χ0v) is 43.8. The lowest BCUT2D eigenvalue weighted by Crippen LogP contribution is -2.30. The molecule has 6 heteroatoms. The van der Waals surface area contributed by atoms with Crippen LogP contribution in [0.4, 0.5) is 0 Å². The molecule has 0 unspecified atom stereocenters. The average molecular weight is 906 g/mol. The van der Waals surface area contributed by atoms with E-state index in [1.165, 1.54) is 225 Å². The van der Waals surface area contributed by atoms with Gasteiger partial charge in [0.05, 0.1) is 0 Å². The zero-order valence-electron chi connectivity index (χ0n) is 43.8. The van der Waals surface area contributed by atoms with Crippen LogP contribution in [0.3, 0.4) is 0 Å². The Morgan fingerprint density at radius 1 is 0.297 bits per heavy atom. The Hall–Kier alpha value is -1.59. The minimum Gasteiger partial charge on any atom is -0.462 e. The fraction of sp³-hybridized carbons (Fsp3) is 0.948. The molecule has 64 heavy (non-hydrogen) atoms. The Morgan fingerprint density at radius 3 is 0.766 bits per heavy atom. The number of unbranched alkanes of at least 4 members (excludes halogenated alkanes) is 40. The standard InChI is InChI=1S/C58H112O6/c1-5-7-9-11-13-15-17-19-22-26-30-34-38-42-46-50-57(60)63-53-55(52-62-56(59)49-45-41-37-33-29-18-16-14-12-10-8-6-2)64-58(61)51-47-43-39-35-31-27-24-21-20-23-25-28-32-36-40-44-48-54(3)4/h54-55H,5-53H2,1-4H3/t55-/m1/s1. The highest BCUT2D eigenvalue weighted by Crippen LogP contribution is 2.18. The van der Waals surface area contributed by atoms with E-state index in [-0.39, 0.29) is 31.1 Å². The van der Waals surface area contributed by atoms with Crippen LogP contribution in [0.2, 0.25) is 0 Å². The highest BCUT2D eigenvalue weighted by atomic mass is 16.6. The summed E-state index contributed by atoms with van der Waals surface area (Å²) in [5.74, 6) is 0.0166. The van der Waals surface area contributed by atoms with E-state index >= 15 is 0 Å². The summed E-state index contributed by atoms with van der Waals surface area (Å²) in [5.41, 5.74) is 0. The normalized spacial score (nSPS) is 12.0. The molecule has 0 saturated heterocycles. The van der Waals surface area contributed by atoms with Gasteiger partial charge >= 0.3 is 17.9 Å². The van der Waals surface area contributed by atoms with Crippen LogP contribution in [0, 0.1) is 5.92 Å². The smallest absolute Gasteiger partial charge is 0.306 e. The highest BCUT2D eigenvalue weighted by molar-refractivity contribution is 5.71. The second-order valence-electron chi connectivity index (χ2n) is 20.4. The Balaban J connectivity index is 4.27. The van der Waals surface area contributed by atoms with Gasteiger partial charge in [-0.25, -0.2) is 0 Å². The molecule has 0 spiro atoms. The zero-order chi connectivity index (χ0) is 46.7. The molecule has 0 heterocycles. The van der Waals surface area contributed by atoms with Crippen LogP contribution in [0.25, 0.3) is 0 Å². The van der Waals surface area contributed by atoms with E-state index in [2.05, 4.69) is 27.7 Å². The van der Waals surface area contributed by atoms with Crippen LogP contribution >= 0.6 is 0 Å². The van der Waals surface area contributed by atoms with E-state index in [0.717, 1.165) is 63.7 Å². The maximum Gasteiger partial charge on any atom is 0.306 e. The lowest BCUT2D eigenvalue weighted by Gasteiger charge is -2.18. The molecule has 0 aromatic heterocycles. The third kappa shape index (κ3) is 51.4. The average Bonchev–Trinajstić information content (AvgIpc) is 3.28. The van der Waals surface area contributed by atoms with E-state index in [1.807, 2.05) is 0 Å². The van der Waals surface area contributed by atoms with Gasteiger partial charge in [0.25, 0.3) is 0 Å². The Morgan fingerprint density at radius 2 is 0.516 bits per heavy atom. The van der Waals surface area contributed by atoms with Gasteiger partial charge in [0.15, 0.2) is 6.10 Å². The van der Waals surface area contributed by atoms with E-state index in [4.69, 9.17) is 14.2 Å². The molecule has 6 nitrogen and oxygen atoms in total. The molecular weight excluding hydrogens is 793 g/mol. The predicted octanol–water partition coefficient (Wildman–Crippen LogP) is 19.0. The van der Waals surface area contributed by atoms with Crippen molar-refractivity contribution in [1.29, 1.82) is 0 Å². The number of hydrogen-bond donors (Lipinski definition) is 0. The molecule has 0 amide bonds. The molecule has 0 aliphatic rings. The van der Waals surface area contributed by atoms with Crippen molar-refractivity contribution in [3.63, 3.8) is 0 Å². The van der Waals surface area contributed by atoms with Gasteiger partial charge in [-0.3, -0.25) is 14.4 Å². The number of esters is 3. The lowest BCUT2D eigenvalue weighted by molar-refractivity contribution is -0.167. The lowest BCUT2D eigenvalue weighted by atomic mass is 10.0. The number of carbonyl (C=O) groups excluding carboxylic acids is 3. The van der Waals surface area contributed by atoms with Gasteiger partial charge in [0.2, 0.25) is 0 Å². The molecule has 0 aromatic rings. The first-order valence-electron chi connectivity index (χ1n) is 28.9. The van der Waals surface area contributed by atoms with Gasteiger partial charge in [-0.05, 0) is 25.2 Å². The van der Waals surface area contributed by atoms with Crippen LogP contribution < -0.4 is 0 Å². The fourth-order valence-corrected chi connectivity index (χ4v) is 8.92. The largest absolute Gasteiger partial charge is 0.462 e. The summed E-state index contributed by atoms with van der Waals surface area (Å²) in [4.78, 5) is 38.1. The first-order valence-corrected chi connectivity index (χ1v) is 28.9. The van der Waals surface area contributed by atoms with E-state index in [1.54, 1.807) is 0 Å². The molecular formula is C58H112O6. The number of carbonyl (C=O) groups is 3. The highest BCUT2D eigenvalue weighted by Gasteiger charge is 2.19. The maximum atomic E-state index is 12.8. The summed E-state index contributed by atoms with van der Waals surface area (Å²) in [6.45, 7) is 9.07. The van der Waals surface area contributed by atoms with Crippen LogP contribution in [0.1, 0.15) is 329 Å². The summed E-state index contributed by atoms with van der Waals surface area (Å²) in [6.07, 6.45) is 56.6. The van der Waals surface area contributed by atoms with Gasteiger partial charge in [-0.15, -0.1) is 0 Å². The van der Waals surface area contributed by atoms with E-state index in [0.29, 0.717) is 19.3 Å². The monoisotopic (exact) mass is 905 g/mol. The second-order valence-corrected chi connectivity index (χ2v) is 20.4. The minimum absolute atomic E-state index is 0.0617. The van der Waals surface area contributed by atoms with Gasteiger partial charge < -0.3 is 14.2 Å². The number of ether oxygens (including phenoxy) is 3. The first kappa shape index (κ1) is 62.4. The first-order chi connectivity index (χ1) is 31.4. The molecule has 0 fully saturated rings. The van der Waals surface area contributed by atoms with Crippen molar-refractivity contribution < 1.29 is 28.6 Å². The quantitative estimate of drug-likeness (QED) is 0.0344. The van der Waals surface area contributed by atoms with Gasteiger partial charge in [-0.1, -0.05) is 291 Å². The Bertz CT molecular complexity index is 964. The summed E-state index contributed by atoms with van der Waals surface area (Å²) in [6, 6.07) is 0. The summed E-state index contributed by atoms with van der Waals surface area (Å²) in [7, 11) is 0. The Labute approximate surface area is 399 Å². The molecule has 0 radical (unpaired) electrons. The molecule has 0 aliphatic heterocycles. The molecule has 0 N–H and O–H groups in total. The molecule has 0 bridgehead atoms. The molecule has 1 atom stereocenters. The van der Waals surface area contributed by atoms with Gasteiger partial charge in [0.1, 0.15) is 13.2 Å². The van der Waals surface area contributed by atoms with Crippen LogP contribution in [-0.2, 0) is 28.6 Å². The summed E-state index contributed by atoms with van der Waals surface area (Å²) < 4.78 is 16.9. The Kier molecular flexibility index (Phi) is 51.1. The number of rotatable bonds is 53. The predicted molar refractivity (Wildman–Crippen MR) is 275 cm³/mol. The third-order valence-corrected chi connectivity index (χ3v) is 13.3. The van der Waals surface area contributed by atoms with Crippen molar-refractivity contribution in [3.05, 3.63) is 0 Å². The van der Waals surface area contributed by atoms with Crippen LogP contribution in [0.5, 0.6) is 0 Å². The second kappa shape index (κ2) is 52.4. The number of hydrogen-bond acceptors (Lipinski definition) is 6. The molecule has 0 aliphatic carbocycles. The van der Waals surface area contributed by atoms with E-state index < -0.39 is 6.10 Å². The fourth-order valence-electron chi connectivity index (χ4n) is 8.92. The minimum atomic E-state index is -0.761. The summed E-state index contributed by atoms with van der Waals surface area (Å²) in [5, 5.41) is 0.